The van der Waals surface area contributed by atoms with E-state index in [1.165, 1.54) is 0 Å². The Morgan fingerprint density at radius 2 is 1.71 bits per heavy atom. The van der Waals surface area contributed by atoms with Crippen molar-refractivity contribution in [2.24, 2.45) is 16.1 Å². The number of fused-ring (bicyclic) bond motifs is 4. The van der Waals surface area contributed by atoms with Crippen LogP contribution in [-0.2, 0) is 10.3 Å². The van der Waals surface area contributed by atoms with Crippen LogP contribution in [0.15, 0.2) is 53.5 Å². The number of amidine groups is 1. The highest BCUT2D eigenvalue weighted by Gasteiger charge is 2.47. The predicted octanol–water partition coefficient (Wildman–Crippen LogP) is 4.88. The molecular weight excluding hydrogens is 446 g/mol. The van der Waals surface area contributed by atoms with Gasteiger partial charge in [0.15, 0.2) is 5.54 Å². The van der Waals surface area contributed by atoms with Crippen LogP contribution < -0.4 is 24.7 Å². The van der Waals surface area contributed by atoms with Crippen LogP contribution in [-0.4, -0.2) is 38.4 Å². The van der Waals surface area contributed by atoms with E-state index in [0.717, 1.165) is 28.0 Å². The molecule has 5 rings (SSSR count). The number of hydrogen-bond donors (Lipinski definition) is 1. The van der Waals surface area contributed by atoms with E-state index in [2.05, 4.69) is 25.8 Å². The van der Waals surface area contributed by atoms with Gasteiger partial charge in [0.2, 0.25) is 11.8 Å². The van der Waals surface area contributed by atoms with Gasteiger partial charge in [-0.1, -0.05) is 26.8 Å². The van der Waals surface area contributed by atoms with Gasteiger partial charge in [-0.05, 0) is 47.4 Å². The van der Waals surface area contributed by atoms with E-state index in [-0.39, 0.29) is 18.0 Å². The molecule has 0 bridgehead atoms. The number of methoxy groups -OCH3 is 2. The first-order valence-electron chi connectivity index (χ1n) is 11.4. The molecule has 35 heavy (non-hydrogen) atoms. The van der Waals surface area contributed by atoms with E-state index < -0.39 is 5.54 Å². The average Bonchev–Trinajstić information content (AvgIpc) is 3.24. The fourth-order valence-electron chi connectivity index (χ4n) is 4.30. The number of ether oxygens (including phenoxy) is 5. The predicted molar refractivity (Wildman–Crippen MR) is 133 cm³/mol. The van der Waals surface area contributed by atoms with Gasteiger partial charge in [-0.15, -0.1) is 0 Å². The number of rotatable bonds is 5. The van der Waals surface area contributed by atoms with Crippen LogP contribution in [0.25, 0.3) is 11.1 Å². The van der Waals surface area contributed by atoms with E-state index in [1.807, 2.05) is 42.5 Å². The molecule has 8 heteroatoms. The maximum absolute atomic E-state index is 6.30. The largest absolute Gasteiger partial charge is 0.493 e. The fraction of sp³-hybridized carbons (Fsp3) is 0.333. The summed E-state index contributed by atoms with van der Waals surface area (Å²) in [5.74, 6) is 3.05. The summed E-state index contributed by atoms with van der Waals surface area (Å²) in [5, 5.41) is 0. The third-order valence-electron chi connectivity index (χ3n) is 5.99. The summed E-state index contributed by atoms with van der Waals surface area (Å²) < 4.78 is 28.9. The molecule has 2 aromatic carbocycles. The van der Waals surface area contributed by atoms with Gasteiger partial charge in [0.1, 0.15) is 23.9 Å². The number of hydrogen-bond acceptors (Lipinski definition) is 8. The van der Waals surface area contributed by atoms with E-state index in [1.54, 1.807) is 20.3 Å². The molecular formula is C27H29N3O5. The van der Waals surface area contributed by atoms with Crippen molar-refractivity contribution in [2.75, 3.05) is 27.4 Å². The van der Waals surface area contributed by atoms with E-state index in [9.17, 15) is 0 Å². The van der Waals surface area contributed by atoms with E-state index in [0.29, 0.717) is 29.9 Å². The monoisotopic (exact) mass is 475 g/mol. The molecule has 0 saturated carbocycles. The number of aromatic nitrogens is 1. The van der Waals surface area contributed by atoms with Crippen LogP contribution in [0.4, 0.5) is 0 Å². The molecule has 1 aromatic heterocycles. The molecule has 0 unspecified atom stereocenters. The minimum atomic E-state index is -0.864. The summed E-state index contributed by atoms with van der Waals surface area (Å²) in [5.41, 5.74) is 8.60. The van der Waals surface area contributed by atoms with Gasteiger partial charge in [-0.3, -0.25) is 0 Å². The van der Waals surface area contributed by atoms with Crippen LogP contribution in [0.5, 0.6) is 29.0 Å². The summed E-state index contributed by atoms with van der Waals surface area (Å²) in [7, 11) is 3.15. The van der Waals surface area contributed by atoms with Gasteiger partial charge in [-0.2, -0.15) is 4.98 Å². The summed E-state index contributed by atoms with van der Waals surface area (Å²) in [6.07, 6.45) is 0. The molecule has 2 N–H and O–H groups in total. The summed E-state index contributed by atoms with van der Waals surface area (Å²) in [6.45, 7) is 7.22. The first-order chi connectivity index (χ1) is 16.7. The van der Waals surface area contributed by atoms with Crippen molar-refractivity contribution < 1.29 is 23.7 Å². The third-order valence-corrected chi connectivity index (χ3v) is 5.99. The molecule has 1 atom stereocenters. The second-order valence-electron chi connectivity index (χ2n) is 9.83. The van der Waals surface area contributed by atoms with Gasteiger partial charge >= 0.3 is 0 Å². The Kier molecular flexibility index (Phi) is 5.46. The van der Waals surface area contributed by atoms with Crippen LogP contribution in [0, 0.1) is 5.41 Å². The molecule has 0 fully saturated rings. The Bertz CT molecular complexity index is 1310. The normalized spacial score (nSPS) is 18.1. The Labute approximate surface area is 204 Å². The minimum absolute atomic E-state index is 0.0239. The van der Waals surface area contributed by atoms with Crippen molar-refractivity contribution in [1.82, 2.24) is 4.98 Å². The van der Waals surface area contributed by atoms with Crippen molar-refractivity contribution in [1.29, 1.82) is 0 Å². The molecule has 0 aliphatic carbocycles. The number of nitrogens with zero attached hydrogens (tertiary/aromatic N) is 2. The molecule has 2 aliphatic heterocycles. The van der Waals surface area contributed by atoms with Crippen molar-refractivity contribution in [3.63, 3.8) is 0 Å². The number of aliphatic imine (C=N–C) groups is 1. The number of nitrogens with two attached hydrogens (primary N) is 1. The maximum atomic E-state index is 6.30. The zero-order valence-corrected chi connectivity index (χ0v) is 20.5. The smallest absolute Gasteiger partial charge is 0.283 e. The van der Waals surface area contributed by atoms with Gasteiger partial charge in [0, 0.05) is 22.8 Å². The summed E-state index contributed by atoms with van der Waals surface area (Å²) in [4.78, 5) is 9.21. The SMILES string of the molecule is COc1ccc(-c2ccc3c(c2)[C@@]2(COC(N)=N2)c2cc(OCC(C)(C)C)ccc2O3)c(OC)n1. The van der Waals surface area contributed by atoms with Crippen LogP contribution in [0.3, 0.4) is 0 Å². The van der Waals surface area contributed by atoms with E-state index in [4.69, 9.17) is 34.4 Å². The Balaban J connectivity index is 1.63. The topological polar surface area (TPSA) is 97.4 Å². The highest BCUT2D eigenvalue weighted by atomic mass is 16.5. The highest BCUT2D eigenvalue weighted by Crippen LogP contribution is 2.52. The molecule has 182 valence electrons. The lowest BCUT2D eigenvalue weighted by atomic mass is 9.80. The van der Waals surface area contributed by atoms with Crippen molar-refractivity contribution in [3.05, 3.63) is 59.7 Å². The molecule has 2 aliphatic rings. The number of benzene rings is 2. The van der Waals surface area contributed by atoms with Gasteiger partial charge in [0.05, 0.1) is 20.8 Å². The third kappa shape index (κ3) is 4.09. The average molecular weight is 476 g/mol. The van der Waals surface area contributed by atoms with Gasteiger partial charge in [-0.25, -0.2) is 4.99 Å². The van der Waals surface area contributed by atoms with Crippen LogP contribution in [0.1, 0.15) is 31.9 Å². The first kappa shape index (κ1) is 22.8. The maximum Gasteiger partial charge on any atom is 0.283 e. The Hall–Kier alpha value is -3.94. The first-order valence-corrected chi connectivity index (χ1v) is 11.4. The molecule has 0 saturated heterocycles. The molecule has 3 aromatic rings. The summed E-state index contributed by atoms with van der Waals surface area (Å²) >= 11 is 0. The zero-order valence-electron chi connectivity index (χ0n) is 20.5. The fourth-order valence-corrected chi connectivity index (χ4v) is 4.30. The van der Waals surface area contributed by atoms with Crippen molar-refractivity contribution in [3.8, 4) is 40.1 Å². The highest BCUT2D eigenvalue weighted by molar-refractivity contribution is 5.78. The Morgan fingerprint density at radius 3 is 2.37 bits per heavy atom. The van der Waals surface area contributed by atoms with Gasteiger partial charge < -0.3 is 29.4 Å². The lowest BCUT2D eigenvalue weighted by molar-refractivity contribution is 0.197. The molecule has 0 amide bonds. The standard InChI is InChI=1S/C27H29N3O5/c1-26(2,3)14-33-17-7-10-22-20(13-17)27(15-34-25(28)30-27)19-12-16(6-9-21(19)35-22)18-8-11-23(31-4)29-24(18)32-5/h6-13H,14-15H2,1-5H3,(H2,28,30)/t27-/m0/s1. The van der Waals surface area contributed by atoms with Crippen molar-refractivity contribution >= 4 is 6.02 Å². The van der Waals surface area contributed by atoms with Crippen molar-refractivity contribution in [2.45, 2.75) is 26.3 Å². The van der Waals surface area contributed by atoms with Crippen LogP contribution >= 0.6 is 0 Å². The summed E-state index contributed by atoms with van der Waals surface area (Å²) in [6, 6.07) is 15.6. The number of pyridine rings is 1. The van der Waals surface area contributed by atoms with E-state index >= 15 is 0 Å². The Morgan fingerprint density at radius 1 is 0.971 bits per heavy atom. The second-order valence-corrected chi connectivity index (χ2v) is 9.83. The van der Waals surface area contributed by atoms with Crippen LogP contribution in [0.2, 0.25) is 0 Å². The molecule has 8 nitrogen and oxygen atoms in total. The lowest BCUT2D eigenvalue weighted by Crippen LogP contribution is -2.31. The second kappa shape index (κ2) is 8.37. The molecule has 3 heterocycles. The quantitative estimate of drug-likeness (QED) is 0.561. The lowest BCUT2D eigenvalue weighted by Gasteiger charge is -2.34. The molecule has 0 radical (unpaired) electrons. The molecule has 1 spiro atoms. The zero-order chi connectivity index (χ0) is 24.8. The minimum Gasteiger partial charge on any atom is -0.493 e. The van der Waals surface area contributed by atoms with Gasteiger partial charge in [0.25, 0.3) is 6.02 Å².